The van der Waals surface area contributed by atoms with Crippen LogP contribution in [0.3, 0.4) is 0 Å². The summed E-state index contributed by atoms with van der Waals surface area (Å²) in [6.07, 6.45) is -0.530. The predicted molar refractivity (Wildman–Crippen MR) is 87.0 cm³/mol. The molecule has 0 spiro atoms. The van der Waals surface area contributed by atoms with Crippen molar-refractivity contribution in [2.24, 2.45) is 0 Å². The molecule has 1 atom stereocenters. The zero-order valence-corrected chi connectivity index (χ0v) is 12.6. The number of hydrogen-bond donors (Lipinski definition) is 2. The van der Waals surface area contributed by atoms with E-state index in [1.165, 1.54) is 11.8 Å². The molecule has 0 heterocycles. The zero-order valence-electron chi connectivity index (χ0n) is 11.7. The molecule has 0 unspecified atom stereocenters. The Balaban J connectivity index is 1.65. The number of hydrogen-bond acceptors (Lipinski definition) is 3. The lowest BCUT2D eigenvalue weighted by molar-refractivity contribution is -0.118. The van der Waals surface area contributed by atoms with Gasteiger partial charge in [-0.25, -0.2) is 0 Å². The maximum atomic E-state index is 11.7. The van der Waals surface area contributed by atoms with Gasteiger partial charge in [0.25, 0.3) is 0 Å². The van der Waals surface area contributed by atoms with E-state index in [4.69, 9.17) is 0 Å². The van der Waals surface area contributed by atoms with E-state index in [1.807, 2.05) is 60.7 Å². The van der Waals surface area contributed by atoms with Gasteiger partial charge in [-0.1, -0.05) is 60.7 Å². The largest absolute Gasteiger partial charge is 0.388 e. The number of aliphatic hydroxyl groups is 1. The van der Waals surface area contributed by atoms with Gasteiger partial charge < -0.3 is 10.4 Å². The highest BCUT2D eigenvalue weighted by Crippen LogP contribution is 2.17. The molecule has 3 nitrogen and oxygen atoms in total. The number of carbonyl (C=O) groups is 1. The molecule has 2 N–H and O–H groups in total. The molecule has 4 heteroatoms. The Labute approximate surface area is 129 Å². The minimum absolute atomic E-state index is 0.0101. The summed E-state index contributed by atoms with van der Waals surface area (Å²) in [4.78, 5) is 11.7. The Bertz CT molecular complexity index is 545. The van der Waals surface area contributed by atoms with Crippen molar-refractivity contribution in [2.75, 3.05) is 11.5 Å². The molecule has 0 saturated heterocycles. The summed E-state index contributed by atoms with van der Waals surface area (Å²) in [5.74, 6) is 0.864. The normalized spacial score (nSPS) is 11.9. The number of benzene rings is 2. The fourth-order valence-corrected chi connectivity index (χ4v) is 2.70. The molecule has 0 saturated carbocycles. The topological polar surface area (TPSA) is 49.3 Å². The number of rotatable bonds is 7. The molecule has 2 aromatic carbocycles. The van der Waals surface area contributed by atoms with Crippen molar-refractivity contribution in [3.63, 3.8) is 0 Å². The van der Waals surface area contributed by atoms with Crippen LogP contribution in [0.4, 0.5) is 0 Å². The van der Waals surface area contributed by atoms with Crippen LogP contribution in [0.25, 0.3) is 0 Å². The first-order valence-corrected chi connectivity index (χ1v) is 8.02. The van der Waals surface area contributed by atoms with E-state index in [9.17, 15) is 9.90 Å². The molecular weight excluding hydrogens is 282 g/mol. The van der Waals surface area contributed by atoms with Crippen molar-refractivity contribution in [1.82, 2.24) is 5.32 Å². The first kappa shape index (κ1) is 15.6. The lowest BCUT2D eigenvalue weighted by Crippen LogP contribution is -2.24. The maximum Gasteiger partial charge on any atom is 0.230 e. The summed E-state index contributed by atoms with van der Waals surface area (Å²) in [6, 6.07) is 19.3. The Morgan fingerprint density at radius 1 is 1.05 bits per heavy atom. The van der Waals surface area contributed by atoms with E-state index in [2.05, 4.69) is 5.32 Å². The molecule has 0 fully saturated rings. The molecule has 0 radical (unpaired) electrons. The van der Waals surface area contributed by atoms with Crippen molar-refractivity contribution in [3.05, 3.63) is 71.8 Å². The monoisotopic (exact) mass is 301 g/mol. The zero-order chi connectivity index (χ0) is 14.9. The van der Waals surface area contributed by atoms with Crippen molar-refractivity contribution in [2.45, 2.75) is 12.6 Å². The minimum atomic E-state index is -0.530. The average molecular weight is 301 g/mol. The third-order valence-corrected chi connectivity index (χ3v) is 4.04. The van der Waals surface area contributed by atoms with Crippen LogP contribution < -0.4 is 5.32 Å². The van der Waals surface area contributed by atoms with Gasteiger partial charge in [-0.2, -0.15) is 0 Å². The number of thioether (sulfide) groups is 1. The standard InChI is InChI=1S/C17H19NO2S/c19-16(15-9-5-2-6-10-15)12-21-13-17(20)18-11-14-7-3-1-4-8-14/h1-10,16,19H,11-13H2,(H,18,20)/t16-/m1/s1. The van der Waals surface area contributed by atoms with Crippen molar-refractivity contribution in [3.8, 4) is 0 Å². The quantitative estimate of drug-likeness (QED) is 0.827. The molecule has 2 aromatic rings. The molecule has 0 bridgehead atoms. The molecule has 0 aliphatic heterocycles. The average Bonchev–Trinajstić information content (AvgIpc) is 2.54. The number of aliphatic hydroxyl groups excluding tert-OH is 1. The number of amides is 1. The second-order valence-electron chi connectivity index (χ2n) is 4.70. The third kappa shape index (κ3) is 5.61. The number of nitrogens with one attached hydrogen (secondary N) is 1. The van der Waals surface area contributed by atoms with Crippen LogP contribution in [0, 0.1) is 0 Å². The summed E-state index contributed by atoms with van der Waals surface area (Å²) in [7, 11) is 0. The smallest absolute Gasteiger partial charge is 0.230 e. The molecule has 110 valence electrons. The summed E-state index contributed by atoms with van der Waals surface area (Å²) < 4.78 is 0. The van der Waals surface area contributed by atoms with Crippen LogP contribution >= 0.6 is 11.8 Å². The van der Waals surface area contributed by atoms with E-state index in [1.54, 1.807) is 0 Å². The van der Waals surface area contributed by atoms with Crippen LogP contribution in [0.15, 0.2) is 60.7 Å². The van der Waals surface area contributed by atoms with Gasteiger partial charge in [-0.05, 0) is 11.1 Å². The molecule has 0 aromatic heterocycles. The molecule has 0 aliphatic carbocycles. The van der Waals surface area contributed by atoms with Crippen LogP contribution in [0.5, 0.6) is 0 Å². The highest BCUT2D eigenvalue weighted by Gasteiger charge is 2.08. The van der Waals surface area contributed by atoms with Crippen molar-refractivity contribution in [1.29, 1.82) is 0 Å². The molecule has 2 rings (SSSR count). The summed E-state index contributed by atoms with van der Waals surface area (Å²) in [5.41, 5.74) is 1.97. The second kappa shape index (κ2) is 8.49. The van der Waals surface area contributed by atoms with Gasteiger partial charge in [-0.15, -0.1) is 11.8 Å². The lowest BCUT2D eigenvalue weighted by atomic mass is 10.1. The van der Waals surface area contributed by atoms with Gasteiger partial charge in [0.1, 0.15) is 0 Å². The van der Waals surface area contributed by atoms with Crippen LogP contribution in [-0.2, 0) is 11.3 Å². The summed E-state index contributed by atoms with van der Waals surface area (Å²) in [5, 5.41) is 12.9. The maximum absolute atomic E-state index is 11.7. The highest BCUT2D eigenvalue weighted by molar-refractivity contribution is 7.99. The molecule has 21 heavy (non-hydrogen) atoms. The third-order valence-electron chi connectivity index (χ3n) is 3.03. The second-order valence-corrected chi connectivity index (χ2v) is 5.73. The van der Waals surface area contributed by atoms with Crippen LogP contribution in [0.1, 0.15) is 17.2 Å². The SMILES string of the molecule is O=C(CSC[C@@H](O)c1ccccc1)NCc1ccccc1. The Morgan fingerprint density at radius 2 is 1.67 bits per heavy atom. The van der Waals surface area contributed by atoms with E-state index < -0.39 is 6.10 Å². The lowest BCUT2D eigenvalue weighted by Gasteiger charge is -2.10. The first-order valence-electron chi connectivity index (χ1n) is 6.87. The van der Waals surface area contributed by atoms with E-state index in [-0.39, 0.29) is 5.91 Å². The molecular formula is C17H19NO2S. The van der Waals surface area contributed by atoms with Gasteiger partial charge in [0.15, 0.2) is 0 Å². The van der Waals surface area contributed by atoms with Gasteiger partial charge in [0.05, 0.1) is 11.9 Å². The first-order chi connectivity index (χ1) is 10.3. The van der Waals surface area contributed by atoms with E-state index >= 15 is 0 Å². The predicted octanol–water partition coefficient (Wildman–Crippen LogP) is 2.77. The fraction of sp³-hybridized carbons (Fsp3) is 0.235. The summed E-state index contributed by atoms with van der Waals surface area (Å²) >= 11 is 1.44. The van der Waals surface area contributed by atoms with E-state index in [0.717, 1.165) is 11.1 Å². The van der Waals surface area contributed by atoms with Crippen molar-refractivity contribution < 1.29 is 9.90 Å². The highest BCUT2D eigenvalue weighted by atomic mass is 32.2. The fourth-order valence-electron chi connectivity index (χ4n) is 1.88. The van der Waals surface area contributed by atoms with Gasteiger partial charge in [0.2, 0.25) is 5.91 Å². The summed E-state index contributed by atoms with van der Waals surface area (Å²) in [6.45, 7) is 0.543. The Morgan fingerprint density at radius 3 is 2.33 bits per heavy atom. The number of carbonyl (C=O) groups excluding carboxylic acids is 1. The van der Waals surface area contributed by atoms with E-state index in [0.29, 0.717) is 18.1 Å². The Hall–Kier alpha value is -1.78. The van der Waals surface area contributed by atoms with Gasteiger partial charge in [-0.3, -0.25) is 4.79 Å². The van der Waals surface area contributed by atoms with Crippen LogP contribution in [0.2, 0.25) is 0 Å². The molecule has 1 amide bonds. The van der Waals surface area contributed by atoms with Crippen LogP contribution in [-0.4, -0.2) is 22.5 Å². The minimum Gasteiger partial charge on any atom is -0.388 e. The van der Waals surface area contributed by atoms with Crippen molar-refractivity contribution >= 4 is 17.7 Å². The van der Waals surface area contributed by atoms with Gasteiger partial charge in [0, 0.05) is 12.3 Å². The van der Waals surface area contributed by atoms with Gasteiger partial charge >= 0.3 is 0 Å². The molecule has 0 aliphatic rings. The Kier molecular flexibility index (Phi) is 6.31.